The lowest BCUT2D eigenvalue weighted by Gasteiger charge is -2.27. The van der Waals surface area contributed by atoms with Gasteiger partial charge in [-0.2, -0.15) is 0 Å². The number of H-pyrrole nitrogens is 1. The fraction of sp³-hybridized carbons (Fsp3) is 0.167. The Balaban J connectivity index is 2.86. The third-order valence-corrected chi connectivity index (χ3v) is 2.92. The zero-order valence-electron chi connectivity index (χ0n) is 9.90. The quantitative estimate of drug-likeness (QED) is 0.509. The number of halogens is 7. The molecule has 0 spiro atoms. The average molecular weight is 313 g/mol. The van der Waals surface area contributed by atoms with E-state index < -0.39 is 52.4 Å². The van der Waals surface area contributed by atoms with Crippen molar-refractivity contribution in [3.8, 4) is 0 Å². The van der Waals surface area contributed by atoms with E-state index in [4.69, 9.17) is 0 Å². The molecule has 21 heavy (non-hydrogen) atoms. The molecule has 2 aromatic rings. The molecule has 0 bridgehead atoms. The predicted molar refractivity (Wildman–Crippen MR) is 56.0 cm³/mol. The van der Waals surface area contributed by atoms with E-state index in [9.17, 15) is 35.8 Å². The second-order valence-electron chi connectivity index (χ2n) is 4.10. The first-order valence-corrected chi connectivity index (χ1v) is 5.39. The molecular formula is C12H6F7NO. The fourth-order valence-electron chi connectivity index (χ4n) is 1.87. The average Bonchev–Trinajstić information content (AvgIpc) is 2.97. The SMILES string of the molecule is OC(c1ccc[nH]1)(c1c(F)c(F)c(F)c(F)c1F)C(F)F. The Morgan fingerprint density at radius 3 is 1.76 bits per heavy atom. The highest BCUT2D eigenvalue weighted by atomic mass is 19.3. The molecule has 0 saturated carbocycles. The highest BCUT2D eigenvalue weighted by Crippen LogP contribution is 2.39. The summed E-state index contributed by atoms with van der Waals surface area (Å²) in [6.45, 7) is 0. The summed E-state index contributed by atoms with van der Waals surface area (Å²) in [7, 11) is 0. The number of hydrogen-bond donors (Lipinski definition) is 2. The first-order chi connectivity index (χ1) is 9.72. The van der Waals surface area contributed by atoms with Crippen molar-refractivity contribution in [1.29, 1.82) is 0 Å². The Kier molecular flexibility index (Phi) is 3.70. The third kappa shape index (κ3) is 2.08. The van der Waals surface area contributed by atoms with Crippen LogP contribution in [-0.2, 0) is 5.60 Å². The summed E-state index contributed by atoms with van der Waals surface area (Å²) < 4.78 is 92.6. The van der Waals surface area contributed by atoms with Crippen LogP contribution < -0.4 is 0 Å². The second-order valence-corrected chi connectivity index (χ2v) is 4.10. The number of hydrogen-bond acceptors (Lipinski definition) is 1. The molecule has 2 nitrogen and oxygen atoms in total. The highest BCUT2D eigenvalue weighted by Gasteiger charge is 2.49. The molecule has 0 aliphatic carbocycles. The fourth-order valence-corrected chi connectivity index (χ4v) is 1.87. The monoisotopic (exact) mass is 313 g/mol. The van der Waals surface area contributed by atoms with E-state index in [-0.39, 0.29) is 0 Å². The van der Waals surface area contributed by atoms with Gasteiger partial charge < -0.3 is 10.1 Å². The van der Waals surface area contributed by atoms with Crippen LogP contribution in [0.2, 0.25) is 0 Å². The minimum absolute atomic E-state index is 0.819. The number of alkyl halides is 2. The van der Waals surface area contributed by atoms with E-state index >= 15 is 0 Å². The summed E-state index contributed by atoms with van der Waals surface area (Å²) in [5.41, 5.74) is -6.55. The molecule has 114 valence electrons. The lowest BCUT2D eigenvalue weighted by atomic mass is 9.89. The molecule has 2 N–H and O–H groups in total. The van der Waals surface area contributed by atoms with Crippen LogP contribution in [0.25, 0.3) is 0 Å². The highest BCUT2D eigenvalue weighted by molar-refractivity contribution is 5.37. The molecule has 1 aromatic carbocycles. The van der Waals surface area contributed by atoms with E-state index in [1.165, 1.54) is 0 Å². The maximum absolute atomic E-state index is 13.6. The van der Waals surface area contributed by atoms with Gasteiger partial charge in [0.2, 0.25) is 5.82 Å². The molecular weight excluding hydrogens is 307 g/mol. The number of aromatic amines is 1. The Morgan fingerprint density at radius 2 is 1.38 bits per heavy atom. The van der Waals surface area contributed by atoms with Crippen LogP contribution in [-0.4, -0.2) is 16.5 Å². The lowest BCUT2D eigenvalue weighted by molar-refractivity contribution is -0.0790. The maximum atomic E-state index is 13.6. The minimum Gasteiger partial charge on any atom is -0.373 e. The smallest absolute Gasteiger partial charge is 0.276 e. The van der Waals surface area contributed by atoms with Crippen molar-refractivity contribution in [3.63, 3.8) is 0 Å². The number of aromatic nitrogens is 1. The topological polar surface area (TPSA) is 36.0 Å². The molecule has 0 radical (unpaired) electrons. The summed E-state index contributed by atoms with van der Waals surface area (Å²) in [4.78, 5) is 2.06. The molecule has 2 rings (SSSR count). The minimum atomic E-state index is -3.86. The van der Waals surface area contributed by atoms with Crippen molar-refractivity contribution in [2.75, 3.05) is 0 Å². The van der Waals surface area contributed by atoms with Gasteiger partial charge in [0.25, 0.3) is 6.43 Å². The Hall–Kier alpha value is -2.03. The Bertz CT molecular complexity index is 642. The van der Waals surface area contributed by atoms with Crippen molar-refractivity contribution < 1.29 is 35.8 Å². The lowest BCUT2D eigenvalue weighted by Crippen LogP contribution is -2.39. The number of rotatable bonds is 3. The van der Waals surface area contributed by atoms with Crippen LogP contribution in [0.1, 0.15) is 11.3 Å². The van der Waals surface area contributed by atoms with E-state index in [1.54, 1.807) is 0 Å². The Morgan fingerprint density at radius 1 is 0.905 bits per heavy atom. The molecule has 1 heterocycles. The largest absolute Gasteiger partial charge is 0.373 e. The molecule has 1 aromatic heterocycles. The van der Waals surface area contributed by atoms with Gasteiger partial charge in [0, 0.05) is 6.20 Å². The summed E-state index contributed by atoms with van der Waals surface area (Å²) >= 11 is 0. The summed E-state index contributed by atoms with van der Waals surface area (Å²) in [5, 5.41) is 9.90. The van der Waals surface area contributed by atoms with Crippen molar-refractivity contribution in [2.24, 2.45) is 0 Å². The predicted octanol–water partition coefficient (Wildman–Crippen LogP) is 3.21. The molecule has 1 unspecified atom stereocenters. The van der Waals surface area contributed by atoms with Gasteiger partial charge in [-0.15, -0.1) is 0 Å². The third-order valence-electron chi connectivity index (χ3n) is 2.92. The van der Waals surface area contributed by atoms with E-state index in [1.807, 2.05) is 0 Å². The van der Waals surface area contributed by atoms with Crippen LogP contribution in [0.4, 0.5) is 30.7 Å². The van der Waals surface area contributed by atoms with Crippen molar-refractivity contribution in [3.05, 3.63) is 58.7 Å². The second kappa shape index (κ2) is 5.06. The van der Waals surface area contributed by atoms with E-state index in [2.05, 4.69) is 4.98 Å². The molecule has 1 atom stereocenters. The zero-order valence-corrected chi connectivity index (χ0v) is 9.90. The van der Waals surface area contributed by atoms with Crippen LogP contribution in [0, 0.1) is 29.1 Å². The van der Waals surface area contributed by atoms with Crippen LogP contribution in [0.3, 0.4) is 0 Å². The zero-order chi connectivity index (χ0) is 15.9. The first-order valence-electron chi connectivity index (χ1n) is 5.39. The number of nitrogens with one attached hydrogen (secondary N) is 1. The van der Waals surface area contributed by atoms with Gasteiger partial charge in [-0.25, -0.2) is 30.7 Å². The van der Waals surface area contributed by atoms with Gasteiger partial charge in [-0.1, -0.05) is 0 Å². The normalized spacial score (nSPS) is 14.5. The molecule has 0 fully saturated rings. The van der Waals surface area contributed by atoms with Crippen LogP contribution in [0.5, 0.6) is 0 Å². The van der Waals surface area contributed by atoms with Gasteiger partial charge in [0.05, 0.1) is 11.3 Å². The van der Waals surface area contributed by atoms with Crippen LogP contribution >= 0.6 is 0 Å². The standard InChI is InChI=1S/C12H6F7NO/c13-6-5(7(14)9(16)10(17)8(6)15)12(21,11(18)19)4-2-1-3-20-4/h1-3,11,20-21H. The van der Waals surface area contributed by atoms with Crippen molar-refractivity contribution >= 4 is 0 Å². The van der Waals surface area contributed by atoms with E-state index in [0.29, 0.717) is 0 Å². The van der Waals surface area contributed by atoms with Gasteiger partial charge in [-0.3, -0.25) is 0 Å². The number of aliphatic hydroxyl groups is 1. The van der Waals surface area contributed by atoms with Gasteiger partial charge in [0.15, 0.2) is 28.9 Å². The van der Waals surface area contributed by atoms with Gasteiger partial charge in [0.1, 0.15) is 0 Å². The van der Waals surface area contributed by atoms with Crippen molar-refractivity contribution in [1.82, 2.24) is 4.98 Å². The molecule has 0 amide bonds. The first kappa shape index (κ1) is 15.4. The van der Waals surface area contributed by atoms with Gasteiger partial charge in [-0.05, 0) is 12.1 Å². The van der Waals surface area contributed by atoms with Gasteiger partial charge >= 0.3 is 0 Å². The molecule has 0 saturated heterocycles. The summed E-state index contributed by atoms with van der Waals surface area (Å²) in [6, 6.07) is 1.93. The molecule has 0 aliphatic rings. The summed E-state index contributed by atoms with van der Waals surface area (Å²) in [5.74, 6) is -12.4. The number of benzene rings is 1. The maximum Gasteiger partial charge on any atom is 0.276 e. The van der Waals surface area contributed by atoms with E-state index in [0.717, 1.165) is 18.3 Å². The Labute approximate surface area is 112 Å². The molecule has 9 heteroatoms. The molecule has 0 aliphatic heterocycles. The van der Waals surface area contributed by atoms with Crippen molar-refractivity contribution in [2.45, 2.75) is 12.0 Å². The van der Waals surface area contributed by atoms with Crippen LogP contribution in [0.15, 0.2) is 18.3 Å². The summed E-state index contributed by atoms with van der Waals surface area (Å²) in [6.07, 6.45) is -2.82.